The second-order valence-corrected chi connectivity index (χ2v) is 9.56. The van der Waals surface area contributed by atoms with Crippen molar-refractivity contribution in [3.63, 3.8) is 0 Å². The Morgan fingerprint density at radius 3 is 2.39 bits per heavy atom. The SMILES string of the molecule is CC(C)(C)[C@H](NC(=O)OC1CCCC1)C(=O)N1CN(Cc2ccccc2)C[C@H]1C(=O)O. The van der Waals surface area contributed by atoms with Gasteiger partial charge in [0, 0.05) is 13.1 Å². The lowest BCUT2D eigenvalue weighted by molar-refractivity contribution is -0.149. The third-order valence-corrected chi connectivity index (χ3v) is 5.93. The monoisotopic (exact) mass is 431 g/mol. The third-order valence-electron chi connectivity index (χ3n) is 5.93. The highest BCUT2D eigenvalue weighted by Crippen LogP contribution is 2.26. The fourth-order valence-electron chi connectivity index (χ4n) is 4.23. The molecular weight excluding hydrogens is 398 g/mol. The van der Waals surface area contributed by atoms with Crippen LogP contribution in [-0.2, 0) is 20.9 Å². The summed E-state index contributed by atoms with van der Waals surface area (Å²) < 4.78 is 5.48. The van der Waals surface area contributed by atoms with Gasteiger partial charge in [-0.1, -0.05) is 51.1 Å². The van der Waals surface area contributed by atoms with E-state index >= 15 is 0 Å². The summed E-state index contributed by atoms with van der Waals surface area (Å²) in [5, 5.41) is 12.5. The first-order valence-electron chi connectivity index (χ1n) is 10.9. The molecule has 1 aromatic carbocycles. The second-order valence-electron chi connectivity index (χ2n) is 9.56. The molecule has 0 bridgehead atoms. The summed E-state index contributed by atoms with van der Waals surface area (Å²) in [5.74, 6) is -1.45. The van der Waals surface area contributed by atoms with Crippen LogP contribution in [0.2, 0.25) is 0 Å². The predicted octanol–water partition coefficient (Wildman–Crippen LogP) is 2.83. The summed E-state index contributed by atoms with van der Waals surface area (Å²) in [6, 6.07) is 7.87. The highest BCUT2D eigenvalue weighted by Gasteiger charge is 2.44. The van der Waals surface area contributed by atoms with Crippen molar-refractivity contribution in [2.75, 3.05) is 13.2 Å². The van der Waals surface area contributed by atoms with Gasteiger partial charge in [0.25, 0.3) is 0 Å². The maximum absolute atomic E-state index is 13.4. The lowest BCUT2D eigenvalue weighted by Crippen LogP contribution is -2.57. The number of carbonyl (C=O) groups is 3. The van der Waals surface area contributed by atoms with Gasteiger partial charge in [0.2, 0.25) is 5.91 Å². The van der Waals surface area contributed by atoms with Gasteiger partial charge in [-0.25, -0.2) is 9.59 Å². The minimum Gasteiger partial charge on any atom is -0.480 e. The smallest absolute Gasteiger partial charge is 0.408 e. The molecule has 0 spiro atoms. The first-order valence-corrected chi connectivity index (χ1v) is 10.9. The molecule has 2 amide bonds. The largest absolute Gasteiger partial charge is 0.480 e. The number of carbonyl (C=O) groups excluding carboxylic acids is 2. The number of carboxylic acid groups (broad SMARTS) is 1. The molecule has 0 unspecified atom stereocenters. The Bertz CT molecular complexity index is 786. The number of benzene rings is 1. The first-order chi connectivity index (χ1) is 14.6. The van der Waals surface area contributed by atoms with Crippen LogP contribution in [0.5, 0.6) is 0 Å². The molecule has 8 nitrogen and oxygen atoms in total. The summed E-state index contributed by atoms with van der Waals surface area (Å²) >= 11 is 0. The lowest BCUT2D eigenvalue weighted by Gasteiger charge is -2.34. The van der Waals surface area contributed by atoms with Crippen molar-refractivity contribution < 1.29 is 24.2 Å². The zero-order valence-corrected chi connectivity index (χ0v) is 18.5. The van der Waals surface area contributed by atoms with E-state index in [2.05, 4.69) is 5.32 Å². The van der Waals surface area contributed by atoms with Gasteiger partial charge in [0.05, 0.1) is 6.67 Å². The Morgan fingerprint density at radius 2 is 1.81 bits per heavy atom. The first kappa shape index (κ1) is 23.1. The fraction of sp³-hybridized carbons (Fsp3) is 0.609. The summed E-state index contributed by atoms with van der Waals surface area (Å²) in [4.78, 5) is 41.1. The normalized spacial score (nSPS) is 21.1. The second kappa shape index (κ2) is 9.68. The number of ether oxygens (including phenoxy) is 1. The molecule has 0 aromatic heterocycles. The van der Waals surface area contributed by atoms with Gasteiger partial charge in [-0.15, -0.1) is 0 Å². The van der Waals surface area contributed by atoms with Crippen molar-refractivity contribution >= 4 is 18.0 Å². The molecule has 3 rings (SSSR count). The van der Waals surface area contributed by atoms with Crippen molar-refractivity contribution in [3.05, 3.63) is 35.9 Å². The van der Waals surface area contributed by atoms with Gasteiger partial charge >= 0.3 is 12.1 Å². The van der Waals surface area contributed by atoms with E-state index in [0.717, 1.165) is 31.2 Å². The van der Waals surface area contributed by atoms with Crippen molar-refractivity contribution in [2.45, 2.75) is 71.2 Å². The summed E-state index contributed by atoms with van der Waals surface area (Å²) in [5.41, 5.74) is 0.438. The average Bonchev–Trinajstić information content (AvgIpc) is 3.35. The topological polar surface area (TPSA) is 99.2 Å². The van der Waals surface area contributed by atoms with Crippen LogP contribution in [0.4, 0.5) is 4.79 Å². The van der Waals surface area contributed by atoms with E-state index in [1.165, 1.54) is 4.90 Å². The predicted molar refractivity (Wildman–Crippen MR) is 115 cm³/mol. The van der Waals surface area contributed by atoms with Gasteiger partial charge in [-0.3, -0.25) is 9.69 Å². The zero-order valence-electron chi connectivity index (χ0n) is 18.5. The maximum Gasteiger partial charge on any atom is 0.408 e. The highest BCUT2D eigenvalue weighted by atomic mass is 16.6. The number of aliphatic carboxylic acids is 1. The maximum atomic E-state index is 13.4. The molecule has 170 valence electrons. The van der Waals surface area contributed by atoms with Crippen molar-refractivity contribution in [2.24, 2.45) is 5.41 Å². The fourth-order valence-corrected chi connectivity index (χ4v) is 4.23. The van der Waals surface area contributed by atoms with E-state index in [4.69, 9.17) is 4.74 Å². The van der Waals surface area contributed by atoms with Gasteiger partial charge in [-0.2, -0.15) is 0 Å². The number of hydrogen-bond acceptors (Lipinski definition) is 5. The molecular formula is C23H33N3O5. The molecule has 1 saturated heterocycles. The van der Waals surface area contributed by atoms with Gasteiger partial charge in [-0.05, 0) is 36.7 Å². The number of alkyl carbamates (subject to hydrolysis) is 1. The van der Waals surface area contributed by atoms with Crippen LogP contribution in [0, 0.1) is 5.41 Å². The number of nitrogens with zero attached hydrogens (tertiary/aromatic N) is 2. The molecule has 1 heterocycles. The van der Waals surface area contributed by atoms with Crippen LogP contribution in [0.15, 0.2) is 30.3 Å². The number of rotatable bonds is 6. The van der Waals surface area contributed by atoms with E-state index < -0.39 is 35.5 Å². The molecule has 1 saturated carbocycles. The van der Waals surface area contributed by atoms with Crippen LogP contribution in [-0.4, -0.2) is 64.3 Å². The average molecular weight is 432 g/mol. The molecule has 1 aliphatic heterocycles. The summed E-state index contributed by atoms with van der Waals surface area (Å²) in [6.45, 7) is 6.51. The summed E-state index contributed by atoms with van der Waals surface area (Å²) in [7, 11) is 0. The molecule has 8 heteroatoms. The quantitative estimate of drug-likeness (QED) is 0.719. The Hall–Kier alpha value is -2.61. The standard InChI is InChI=1S/C23H33N3O5/c1-23(2,3)19(24-22(30)31-17-11-7-8-12-17)20(27)26-15-25(14-18(26)21(28)29)13-16-9-5-4-6-10-16/h4-6,9-10,17-19H,7-8,11-15H2,1-3H3,(H,24,30)(H,28,29)/t18-,19+/m0/s1. The van der Waals surface area contributed by atoms with E-state index in [-0.39, 0.29) is 19.3 Å². The van der Waals surface area contributed by atoms with E-state index in [9.17, 15) is 19.5 Å². The molecule has 2 atom stereocenters. The molecule has 0 radical (unpaired) electrons. The number of carboxylic acids is 1. The molecule has 2 fully saturated rings. The molecule has 2 N–H and O–H groups in total. The Labute approximate surface area is 183 Å². The van der Waals surface area contributed by atoms with E-state index in [1.54, 1.807) is 0 Å². The Kier molecular flexibility index (Phi) is 7.20. The van der Waals surface area contributed by atoms with Gasteiger partial charge in [0.1, 0.15) is 18.2 Å². The number of hydrogen-bond donors (Lipinski definition) is 2. The van der Waals surface area contributed by atoms with E-state index in [1.807, 2.05) is 56.0 Å². The lowest BCUT2D eigenvalue weighted by atomic mass is 9.85. The van der Waals surface area contributed by atoms with Crippen molar-refractivity contribution in [3.8, 4) is 0 Å². The zero-order chi connectivity index (χ0) is 22.6. The Balaban J connectivity index is 1.71. The van der Waals surface area contributed by atoms with Crippen LogP contribution in [0.1, 0.15) is 52.0 Å². The summed E-state index contributed by atoms with van der Waals surface area (Å²) in [6.07, 6.45) is 3.00. The minimum atomic E-state index is -1.05. The highest BCUT2D eigenvalue weighted by molar-refractivity contribution is 5.90. The number of nitrogens with one attached hydrogen (secondary N) is 1. The van der Waals surface area contributed by atoms with Crippen LogP contribution < -0.4 is 5.32 Å². The van der Waals surface area contributed by atoms with Crippen molar-refractivity contribution in [1.82, 2.24) is 15.1 Å². The molecule has 1 aromatic rings. The van der Waals surface area contributed by atoms with Crippen LogP contribution >= 0.6 is 0 Å². The van der Waals surface area contributed by atoms with Crippen LogP contribution in [0.25, 0.3) is 0 Å². The molecule has 31 heavy (non-hydrogen) atoms. The van der Waals surface area contributed by atoms with E-state index in [0.29, 0.717) is 6.54 Å². The number of amides is 2. The molecule has 1 aliphatic carbocycles. The van der Waals surface area contributed by atoms with Crippen LogP contribution in [0.3, 0.4) is 0 Å². The molecule has 2 aliphatic rings. The third kappa shape index (κ3) is 5.97. The van der Waals surface area contributed by atoms with Crippen molar-refractivity contribution in [1.29, 1.82) is 0 Å². The minimum absolute atomic E-state index is 0.115. The van der Waals surface area contributed by atoms with Gasteiger partial charge < -0.3 is 20.1 Å². The van der Waals surface area contributed by atoms with Gasteiger partial charge in [0.15, 0.2) is 0 Å². The Morgan fingerprint density at radius 1 is 1.16 bits per heavy atom.